The molecule has 0 fully saturated rings. The van der Waals surface area contributed by atoms with Gasteiger partial charge in [-0.05, 0) is 48.0 Å². The number of nitrogen functional groups attached to an aromatic ring is 1. The number of fused-ring (bicyclic) bond motifs is 1. The van der Waals surface area contributed by atoms with Crippen LogP contribution in [-0.2, 0) is 4.74 Å². The number of hydrogen-bond acceptors (Lipinski definition) is 7. The fourth-order valence-corrected chi connectivity index (χ4v) is 2.98. The van der Waals surface area contributed by atoms with Crippen molar-refractivity contribution in [3.05, 3.63) is 78.6 Å². The van der Waals surface area contributed by atoms with Crippen molar-refractivity contribution in [1.82, 2.24) is 9.97 Å². The quantitative estimate of drug-likeness (QED) is 0.443. The molecule has 150 valence electrons. The molecule has 4 rings (SSSR count). The Kier molecular flexibility index (Phi) is 5.43. The molecule has 0 atom stereocenters. The molecule has 0 radical (unpaired) electrons. The van der Waals surface area contributed by atoms with Crippen LogP contribution in [0.3, 0.4) is 0 Å². The second-order valence-corrected chi connectivity index (χ2v) is 6.48. The summed E-state index contributed by atoms with van der Waals surface area (Å²) in [6.07, 6.45) is 1.37. The lowest BCUT2D eigenvalue weighted by atomic mass is 10.1. The fourth-order valence-electron chi connectivity index (χ4n) is 2.98. The minimum absolute atomic E-state index is 0.240. The molecule has 3 N–H and O–H groups in total. The second kappa shape index (κ2) is 8.48. The first-order valence-corrected chi connectivity index (χ1v) is 9.45. The van der Waals surface area contributed by atoms with E-state index in [0.717, 1.165) is 10.8 Å². The second-order valence-electron chi connectivity index (χ2n) is 6.48. The van der Waals surface area contributed by atoms with Gasteiger partial charge in [0.1, 0.15) is 17.8 Å². The summed E-state index contributed by atoms with van der Waals surface area (Å²) in [5.41, 5.74) is 7.56. The van der Waals surface area contributed by atoms with Crippen LogP contribution in [0.15, 0.2) is 73.1 Å². The van der Waals surface area contributed by atoms with E-state index in [1.807, 2.05) is 42.5 Å². The van der Waals surface area contributed by atoms with E-state index in [9.17, 15) is 4.79 Å². The zero-order chi connectivity index (χ0) is 20.9. The van der Waals surface area contributed by atoms with Crippen molar-refractivity contribution in [2.45, 2.75) is 6.92 Å². The van der Waals surface area contributed by atoms with Gasteiger partial charge in [-0.25, -0.2) is 9.78 Å². The van der Waals surface area contributed by atoms with E-state index in [1.54, 1.807) is 31.2 Å². The van der Waals surface area contributed by atoms with Crippen LogP contribution in [0.25, 0.3) is 10.8 Å². The standard InChI is InChI=1S/C23H20N4O3/c1-2-29-23(28)17-8-5-9-18(12-17)27-21-20(24)22(26-14-25-21)30-19-11-10-15-6-3-4-7-16(15)13-19/h3-14H,2,24H2,1H3,(H,25,26,27). The largest absolute Gasteiger partial charge is 0.462 e. The number of carbonyl (C=O) groups excluding carboxylic acids is 1. The molecule has 30 heavy (non-hydrogen) atoms. The van der Waals surface area contributed by atoms with Crippen LogP contribution in [0.1, 0.15) is 17.3 Å². The summed E-state index contributed by atoms with van der Waals surface area (Å²) in [6.45, 7) is 2.07. The third-order valence-electron chi connectivity index (χ3n) is 4.42. The summed E-state index contributed by atoms with van der Waals surface area (Å²) in [5.74, 6) is 0.845. The van der Waals surface area contributed by atoms with E-state index in [0.29, 0.717) is 29.4 Å². The van der Waals surface area contributed by atoms with Gasteiger partial charge < -0.3 is 20.5 Å². The number of benzene rings is 3. The normalized spacial score (nSPS) is 10.6. The molecule has 0 bridgehead atoms. The fraction of sp³-hybridized carbons (Fsp3) is 0.0870. The summed E-state index contributed by atoms with van der Waals surface area (Å²) >= 11 is 0. The molecule has 0 spiro atoms. The SMILES string of the molecule is CCOC(=O)c1cccc(Nc2ncnc(Oc3ccc4ccccc4c3)c2N)c1. The van der Waals surface area contributed by atoms with Crippen molar-refractivity contribution in [3.63, 3.8) is 0 Å². The molecule has 0 aliphatic rings. The average molecular weight is 400 g/mol. The van der Waals surface area contributed by atoms with Crippen molar-refractivity contribution >= 4 is 33.9 Å². The van der Waals surface area contributed by atoms with Gasteiger partial charge in [0.05, 0.1) is 12.2 Å². The van der Waals surface area contributed by atoms with E-state index in [4.69, 9.17) is 15.2 Å². The first-order chi connectivity index (χ1) is 14.6. The number of hydrogen-bond donors (Lipinski definition) is 2. The van der Waals surface area contributed by atoms with Crippen molar-refractivity contribution in [2.75, 3.05) is 17.7 Å². The molecule has 0 saturated carbocycles. The maximum Gasteiger partial charge on any atom is 0.338 e. The molecule has 4 aromatic rings. The summed E-state index contributed by atoms with van der Waals surface area (Å²) in [5, 5.41) is 5.27. The lowest BCUT2D eigenvalue weighted by Gasteiger charge is -2.12. The third kappa shape index (κ3) is 4.15. The number of nitrogens with two attached hydrogens (primary N) is 1. The number of nitrogens with zero attached hydrogens (tertiary/aromatic N) is 2. The Morgan fingerprint density at radius 3 is 2.67 bits per heavy atom. The molecule has 7 nitrogen and oxygen atoms in total. The predicted molar refractivity (Wildman–Crippen MR) is 116 cm³/mol. The van der Waals surface area contributed by atoms with Gasteiger partial charge in [0.15, 0.2) is 5.82 Å². The van der Waals surface area contributed by atoms with Crippen LogP contribution in [0.4, 0.5) is 17.2 Å². The summed E-state index contributed by atoms with van der Waals surface area (Å²) < 4.78 is 10.9. The monoisotopic (exact) mass is 400 g/mol. The zero-order valence-corrected chi connectivity index (χ0v) is 16.3. The number of anilines is 3. The summed E-state index contributed by atoms with van der Waals surface area (Å²) in [6, 6.07) is 20.7. The summed E-state index contributed by atoms with van der Waals surface area (Å²) in [7, 11) is 0. The van der Waals surface area contributed by atoms with Crippen LogP contribution in [0.2, 0.25) is 0 Å². The molecule has 0 saturated heterocycles. The number of carbonyl (C=O) groups is 1. The molecule has 7 heteroatoms. The van der Waals surface area contributed by atoms with Crippen molar-refractivity contribution in [1.29, 1.82) is 0 Å². The van der Waals surface area contributed by atoms with Crippen molar-refractivity contribution in [3.8, 4) is 11.6 Å². The molecular formula is C23H20N4O3. The smallest absolute Gasteiger partial charge is 0.338 e. The first-order valence-electron chi connectivity index (χ1n) is 9.45. The molecule has 0 amide bonds. The number of rotatable bonds is 6. The molecule has 3 aromatic carbocycles. The van der Waals surface area contributed by atoms with E-state index in [2.05, 4.69) is 15.3 Å². The molecule has 0 aliphatic heterocycles. The first kappa shape index (κ1) is 19.2. The van der Waals surface area contributed by atoms with Crippen LogP contribution in [0, 0.1) is 0 Å². The molecule has 1 aromatic heterocycles. The van der Waals surface area contributed by atoms with Crippen LogP contribution < -0.4 is 15.8 Å². The van der Waals surface area contributed by atoms with Gasteiger partial charge in [-0.3, -0.25) is 0 Å². The van der Waals surface area contributed by atoms with Crippen molar-refractivity contribution < 1.29 is 14.3 Å². The topological polar surface area (TPSA) is 99.4 Å². The lowest BCUT2D eigenvalue weighted by molar-refractivity contribution is 0.0526. The van der Waals surface area contributed by atoms with Gasteiger partial charge in [0.2, 0.25) is 5.88 Å². The minimum atomic E-state index is -0.392. The van der Waals surface area contributed by atoms with Gasteiger partial charge in [0, 0.05) is 5.69 Å². The Bertz CT molecular complexity index is 1210. The Labute approximate surface area is 173 Å². The molecular weight excluding hydrogens is 380 g/mol. The highest BCUT2D eigenvalue weighted by molar-refractivity contribution is 5.91. The van der Waals surface area contributed by atoms with Gasteiger partial charge in [0.25, 0.3) is 0 Å². The van der Waals surface area contributed by atoms with E-state index >= 15 is 0 Å². The Morgan fingerprint density at radius 2 is 1.83 bits per heavy atom. The van der Waals surface area contributed by atoms with E-state index in [-0.39, 0.29) is 11.6 Å². The van der Waals surface area contributed by atoms with Gasteiger partial charge in [-0.2, -0.15) is 4.98 Å². The summed E-state index contributed by atoms with van der Waals surface area (Å²) in [4.78, 5) is 20.3. The highest BCUT2D eigenvalue weighted by Gasteiger charge is 2.12. The van der Waals surface area contributed by atoms with Crippen LogP contribution >= 0.6 is 0 Å². The van der Waals surface area contributed by atoms with Gasteiger partial charge in [-0.15, -0.1) is 0 Å². The Morgan fingerprint density at radius 1 is 1.00 bits per heavy atom. The van der Waals surface area contributed by atoms with E-state index < -0.39 is 5.97 Å². The average Bonchev–Trinajstić information content (AvgIpc) is 2.77. The zero-order valence-electron chi connectivity index (χ0n) is 16.3. The molecule has 0 aliphatic carbocycles. The van der Waals surface area contributed by atoms with Gasteiger partial charge >= 0.3 is 5.97 Å². The minimum Gasteiger partial charge on any atom is -0.462 e. The third-order valence-corrected chi connectivity index (χ3v) is 4.42. The predicted octanol–water partition coefficient (Wildman–Crippen LogP) is 4.92. The highest BCUT2D eigenvalue weighted by Crippen LogP contribution is 2.32. The van der Waals surface area contributed by atoms with Crippen LogP contribution in [-0.4, -0.2) is 22.5 Å². The Hall–Kier alpha value is -4.13. The van der Waals surface area contributed by atoms with E-state index in [1.165, 1.54) is 6.33 Å². The lowest BCUT2D eigenvalue weighted by Crippen LogP contribution is -2.06. The molecule has 1 heterocycles. The molecule has 0 unspecified atom stereocenters. The highest BCUT2D eigenvalue weighted by atomic mass is 16.5. The number of ether oxygens (including phenoxy) is 2. The maximum absolute atomic E-state index is 11.9. The van der Waals surface area contributed by atoms with Crippen molar-refractivity contribution in [2.24, 2.45) is 0 Å². The number of esters is 1. The Balaban J connectivity index is 1.57. The number of aromatic nitrogens is 2. The van der Waals surface area contributed by atoms with Crippen LogP contribution in [0.5, 0.6) is 11.6 Å². The number of nitrogens with one attached hydrogen (secondary N) is 1. The maximum atomic E-state index is 11.9. The van der Waals surface area contributed by atoms with Gasteiger partial charge in [-0.1, -0.05) is 36.4 Å².